The van der Waals surface area contributed by atoms with Crippen LogP contribution in [0.15, 0.2) is 59.5 Å². The van der Waals surface area contributed by atoms with Gasteiger partial charge in [0.1, 0.15) is 24.9 Å². The summed E-state index contributed by atoms with van der Waals surface area (Å²) in [6.45, 7) is -0.957. The van der Waals surface area contributed by atoms with Crippen LogP contribution in [0.3, 0.4) is 0 Å². The van der Waals surface area contributed by atoms with Crippen molar-refractivity contribution in [3.05, 3.63) is 72.0 Å². The number of likely N-dealkylation sites (N-methyl/N-ethyl adjacent to an activating group) is 1. The Balaban J connectivity index is 1.59. The summed E-state index contributed by atoms with van der Waals surface area (Å²) in [6.07, 6.45) is -2.58. The predicted molar refractivity (Wildman–Crippen MR) is 149 cm³/mol. The van der Waals surface area contributed by atoms with Gasteiger partial charge in [-0.2, -0.15) is 18.3 Å². The third-order valence-electron chi connectivity index (χ3n) is 5.89. The molecule has 3 N–H and O–H groups in total. The number of aromatic nitrogens is 4. The third kappa shape index (κ3) is 7.82. The van der Waals surface area contributed by atoms with Crippen LogP contribution in [-0.4, -0.2) is 93.9 Å². The van der Waals surface area contributed by atoms with Crippen molar-refractivity contribution in [2.75, 3.05) is 43.9 Å². The molecule has 17 heteroatoms. The van der Waals surface area contributed by atoms with Gasteiger partial charge in [0.05, 0.1) is 17.6 Å². The van der Waals surface area contributed by atoms with Gasteiger partial charge in [-0.05, 0) is 50.5 Å². The van der Waals surface area contributed by atoms with Crippen LogP contribution in [-0.2, 0) is 0 Å². The molecule has 0 aliphatic carbocycles. The highest BCUT2D eigenvalue weighted by Crippen LogP contribution is 2.26. The van der Waals surface area contributed by atoms with Crippen LogP contribution in [0.5, 0.6) is 0 Å². The molecule has 3 heterocycles. The number of carbonyl (C=O) groups excluding carboxylic acids is 3. The Labute approximate surface area is 247 Å². The quantitative estimate of drug-likeness (QED) is 0.213. The van der Waals surface area contributed by atoms with E-state index in [1.807, 2.05) is 19.0 Å². The lowest BCUT2D eigenvalue weighted by Gasteiger charge is -2.19. The third-order valence-corrected chi connectivity index (χ3v) is 5.89. The number of rotatable bonds is 11. The number of oxazole rings is 1. The fraction of sp³-hybridized carbons (Fsp3) is 0.222. The number of benzene rings is 1. The first-order chi connectivity index (χ1) is 20.8. The number of aldehydes is 1. The lowest BCUT2D eigenvalue weighted by molar-refractivity contribution is -0.119. The molecule has 0 fully saturated rings. The highest BCUT2D eigenvalue weighted by atomic mass is 19.4. The Hall–Kier alpha value is -5.58. The Bertz CT molecular complexity index is 1670. The molecular weight excluding hydrogens is 589 g/mol. The van der Waals surface area contributed by atoms with Crippen LogP contribution in [0.25, 0.3) is 17.1 Å². The van der Waals surface area contributed by atoms with Crippen molar-refractivity contribution in [1.29, 1.82) is 0 Å². The predicted octanol–water partition coefficient (Wildman–Crippen LogP) is 3.33. The van der Waals surface area contributed by atoms with E-state index in [2.05, 4.69) is 25.7 Å². The first-order valence-corrected chi connectivity index (χ1v) is 12.7. The van der Waals surface area contributed by atoms with Gasteiger partial charge >= 0.3 is 12.3 Å². The molecule has 0 saturated heterocycles. The van der Waals surface area contributed by atoms with E-state index in [1.54, 1.807) is 24.3 Å². The number of pyridine rings is 1. The standard InChI is InChI=1S/C27H25F3N8O6/c1-36(2)10-9-32-24(41)22-19(12-38(35-22)18-5-3-16(13-39)4-6-18)33-23(40)20-14-44-25(34-20)17-7-8-31-21(11-17)37(26(42)43)15-27(28,29)30/h3-8,11-14H,9-10,15H2,1-2H3,(H,32,41)(H,33,40)(H,42,43). The zero-order valence-electron chi connectivity index (χ0n) is 23.2. The summed E-state index contributed by atoms with van der Waals surface area (Å²) in [7, 11) is 3.67. The molecule has 0 radical (unpaired) electrons. The number of carbonyl (C=O) groups is 4. The average Bonchev–Trinajstić information content (AvgIpc) is 3.63. The Kier molecular flexibility index (Phi) is 9.38. The summed E-state index contributed by atoms with van der Waals surface area (Å²) in [4.78, 5) is 58.1. The summed E-state index contributed by atoms with van der Waals surface area (Å²) < 4.78 is 45.4. The van der Waals surface area contributed by atoms with E-state index in [0.717, 1.165) is 18.5 Å². The van der Waals surface area contributed by atoms with Crippen molar-refractivity contribution in [2.24, 2.45) is 0 Å². The highest BCUT2D eigenvalue weighted by Gasteiger charge is 2.34. The largest absolute Gasteiger partial charge is 0.465 e. The number of nitrogens with one attached hydrogen (secondary N) is 2. The van der Waals surface area contributed by atoms with Crippen molar-refractivity contribution < 1.29 is 41.9 Å². The monoisotopic (exact) mass is 614 g/mol. The molecule has 0 aliphatic heterocycles. The number of anilines is 2. The van der Waals surface area contributed by atoms with Crippen molar-refractivity contribution in [1.82, 2.24) is 30.0 Å². The minimum Gasteiger partial charge on any atom is -0.465 e. The first kappa shape index (κ1) is 31.4. The van der Waals surface area contributed by atoms with Gasteiger partial charge in [-0.1, -0.05) is 0 Å². The smallest absolute Gasteiger partial charge is 0.413 e. The lowest BCUT2D eigenvalue weighted by atomic mass is 10.2. The summed E-state index contributed by atoms with van der Waals surface area (Å²) in [6, 6.07) is 8.63. The number of amides is 3. The number of carboxylic acid groups (broad SMARTS) is 1. The molecule has 230 valence electrons. The van der Waals surface area contributed by atoms with Gasteiger partial charge in [0, 0.05) is 30.4 Å². The van der Waals surface area contributed by atoms with Crippen molar-refractivity contribution in [3.8, 4) is 17.1 Å². The molecule has 0 spiro atoms. The van der Waals surface area contributed by atoms with Crippen LogP contribution in [0.4, 0.5) is 29.5 Å². The molecule has 3 aromatic heterocycles. The molecule has 3 amide bonds. The maximum atomic E-state index is 13.1. The zero-order chi connectivity index (χ0) is 32.0. The van der Waals surface area contributed by atoms with E-state index >= 15 is 0 Å². The summed E-state index contributed by atoms with van der Waals surface area (Å²) in [5, 5.41) is 18.8. The summed E-state index contributed by atoms with van der Waals surface area (Å²) in [5.74, 6) is -2.12. The van der Waals surface area contributed by atoms with Crippen LogP contribution in [0.2, 0.25) is 0 Å². The maximum Gasteiger partial charge on any atom is 0.413 e. The highest BCUT2D eigenvalue weighted by molar-refractivity contribution is 6.07. The summed E-state index contributed by atoms with van der Waals surface area (Å²) in [5.41, 5.74) is 0.627. The molecule has 44 heavy (non-hydrogen) atoms. The number of alkyl halides is 3. The SMILES string of the molecule is CN(C)CCNC(=O)c1nn(-c2ccc(C=O)cc2)cc1NC(=O)c1coc(-c2ccnc(N(CC(F)(F)F)C(=O)O)c2)n1. The lowest BCUT2D eigenvalue weighted by Crippen LogP contribution is -2.38. The second-order valence-corrected chi connectivity index (χ2v) is 9.48. The minimum absolute atomic E-state index is 0.00925. The van der Waals surface area contributed by atoms with Gasteiger partial charge < -0.3 is 25.1 Å². The van der Waals surface area contributed by atoms with Gasteiger partial charge in [-0.3, -0.25) is 19.3 Å². The number of hydrogen-bond acceptors (Lipinski definition) is 9. The molecule has 4 aromatic rings. The van der Waals surface area contributed by atoms with E-state index in [0.29, 0.717) is 30.6 Å². The van der Waals surface area contributed by atoms with Crippen molar-refractivity contribution in [3.63, 3.8) is 0 Å². The second-order valence-electron chi connectivity index (χ2n) is 9.48. The number of halogens is 3. The van der Waals surface area contributed by atoms with E-state index in [4.69, 9.17) is 4.42 Å². The van der Waals surface area contributed by atoms with E-state index in [1.165, 1.54) is 16.9 Å². The Morgan fingerprint density at radius 2 is 1.84 bits per heavy atom. The van der Waals surface area contributed by atoms with Crippen molar-refractivity contribution >= 4 is 35.7 Å². The minimum atomic E-state index is -4.82. The van der Waals surface area contributed by atoms with Crippen LogP contribution in [0, 0.1) is 0 Å². The summed E-state index contributed by atoms with van der Waals surface area (Å²) >= 11 is 0. The molecule has 0 bridgehead atoms. The Morgan fingerprint density at radius 3 is 2.48 bits per heavy atom. The van der Waals surface area contributed by atoms with Gasteiger partial charge in [-0.25, -0.2) is 19.4 Å². The normalized spacial score (nSPS) is 11.3. The molecular formula is C27H25F3N8O6. The maximum absolute atomic E-state index is 13.1. The molecule has 1 aromatic carbocycles. The van der Waals surface area contributed by atoms with Crippen LogP contribution < -0.4 is 15.5 Å². The first-order valence-electron chi connectivity index (χ1n) is 12.7. The molecule has 14 nitrogen and oxygen atoms in total. The fourth-order valence-electron chi connectivity index (χ4n) is 3.77. The van der Waals surface area contributed by atoms with Crippen LogP contribution in [0.1, 0.15) is 31.3 Å². The number of nitrogens with zero attached hydrogens (tertiary/aromatic N) is 6. The van der Waals surface area contributed by atoms with Gasteiger partial charge in [0.25, 0.3) is 11.8 Å². The van der Waals surface area contributed by atoms with Gasteiger partial charge in [0.2, 0.25) is 5.89 Å². The van der Waals surface area contributed by atoms with Crippen molar-refractivity contribution in [2.45, 2.75) is 6.18 Å². The molecule has 0 unspecified atom stereocenters. The Morgan fingerprint density at radius 1 is 1.11 bits per heavy atom. The topological polar surface area (TPSA) is 176 Å². The number of hydrogen-bond donors (Lipinski definition) is 3. The van der Waals surface area contributed by atoms with Gasteiger partial charge in [-0.15, -0.1) is 0 Å². The zero-order valence-corrected chi connectivity index (χ0v) is 23.2. The van der Waals surface area contributed by atoms with Gasteiger partial charge in [0.15, 0.2) is 11.4 Å². The molecule has 0 aliphatic rings. The van der Waals surface area contributed by atoms with E-state index in [9.17, 15) is 37.5 Å². The van der Waals surface area contributed by atoms with Crippen LogP contribution >= 0.6 is 0 Å². The molecule has 0 saturated carbocycles. The molecule has 4 rings (SSSR count). The second kappa shape index (κ2) is 13.2. The fourth-order valence-corrected chi connectivity index (χ4v) is 3.77. The average molecular weight is 615 g/mol. The molecule has 0 atom stereocenters. The van der Waals surface area contributed by atoms with E-state index < -0.39 is 36.4 Å². The van der Waals surface area contributed by atoms with E-state index in [-0.39, 0.29) is 33.4 Å².